The van der Waals surface area contributed by atoms with Gasteiger partial charge in [0, 0.05) is 11.3 Å². The van der Waals surface area contributed by atoms with E-state index in [1.54, 1.807) is 0 Å². The van der Waals surface area contributed by atoms with Gasteiger partial charge in [0.15, 0.2) is 11.5 Å². The number of aromatic nitrogens is 2. The topological polar surface area (TPSA) is 128 Å². The van der Waals surface area contributed by atoms with E-state index in [2.05, 4.69) is 41.5 Å². The van der Waals surface area contributed by atoms with Crippen LogP contribution in [0.15, 0.2) is 51.6 Å². The third-order valence-corrected chi connectivity index (χ3v) is 4.03. The Balaban J connectivity index is 1.74. The Morgan fingerprint density at radius 2 is 1.93 bits per heavy atom. The molecule has 2 aromatic carbocycles. The first kappa shape index (κ1) is 18.2. The Morgan fingerprint density at radius 3 is 2.59 bits per heavy atom. The van der Waals surface area contributed by atoms with Crippen LogP contribution in [0.3, 0.4) is 0 Å². The van der Waals surface area contributed by atoms with E-state index < -0.39 is 11.7 Å². The van der Waals surface area contributed by atoms with E-state index in [9.17, 15) is 9.18 Å². The molecule has 0 unspecified atom stereocenters. The lowest BCUT2D eigenvalue weighted by Gasteiger charge is -2.08. The molecule has 0 fully saturated rings. The van der Waals surface area contributed by atoms with Gasteiger partial charge < -0.3 is 10.6 Å². The van der Waals surface area contributed by atoms with E-state index in [0.717, 1.165) is 0 Å². The van der Waals surface area contributed by atoms with E-state index in [1.165, 1.54) is 42.5 Å². The third kappa shape index (κ3) is 4.16. The second-order valence-electron chi connectivity index (χ2n) is 5.23. The number of amides is 1. The van der Waals surface area contributed by atoms with Gasteiger partial charge in [-0.3, -0.25) is 10.2 Å². The van der Waals surface area contributed by atoms with E-state index >= 15 is 0 Å². The minimum absolute atomic E-state index is 0.0301. The number of amidine groups is 1. The molecule has 1 aromatic heterocycles. The Hall–Kier alpha value is -3.58. The minimum Gasteiger partial charge on any atom is -0.339 e. The van der Waals surface area contributed by atoms with Gasteiger partial charge in [0.2, 0.25) is 5.82 Å². The van der Waals surface area contributed by atoms with E-state index in [4.69, 9.17) is 10.7 Å². The molecule has 0 aliphatic carbocycles. The van der Waals surface area contributed by atoms with Gasteiger partial charge >= 0.3 is 0 Å². The van der Waals surface area contributed by atoms with Crippen molar-refractivity contribution in [2.24, 2.45) is 0 Å². The molecule has 8 nitrogen and oxygen atoms in total. The highest BCUT2D eigenvalue weighted by Gasteiger charge is 2.19. The molecule has 0 bridgehead atoms. The van der Waals surface area contributed by atoms with Crippen LogP contribution >= 0.6 is 15.9 Å². The van der Waals surface area contributed by atoms with Crippen LogP contribution in [0.1, 0.15) is 21.6 Å². The van der Waals surface area contributed by atoms with Crippen molar-refractivity contribution in [2.75, 3.05) is 10.6 Å². The summed E-state index contributed by atoms with van der Waals surface area (Å²) in [6, 6.07) is 12.1. The number of carbonyl (C=O) groups excluding carboxylic acids is 1. The van der Waals surface area contributed by atoms with Crippen molar-refractivity contribution in [1.82, 2.24) is 10.3 Å². The first-order valence-corrected chi connectivity index (χ1v) is 8.22. The van der Waals surface area contributed by atoms with Crippen LogP contribution < -0.4 is 10.6 Å². The zero-order valence-corrected chi connectivity index (χ0v) is 15.0. The number of hydrogen-bond acceptors (Lipinski definition) is 6. The molecule has 0 radical (unpaired) electrons. The second kappa shape index (κ2) is 7.76. The largest absolute Gasteiger partial charge is 0.339 e. The summed E-state index contributed by atoms with van der Waals surface area (Å²) in [4.78, 5) is 12.3. The van der Waals surface area contributed by atoms with Gasteiger partial charge in [0.1, 0.15) is 5.82 Å². The van der Waals surface area contributed by atoms with Crippen molar-refractivity contribution in [3.8, 4) is 6.07 Å². The monoisotopic (exact) mass is 428 g/mol. The maximum atomic E-state index is 13.3. The van der Waals surface area contributed by atoms with Crippen molar-refractivity contribution < 1.29 is 13.8 Å². The standard InChI is InChI=1S/C17H10BrFN6O2/c18-12-7-11(5-6-13(12)19)22-15(21)14-16(25-27-24-14)23-17(26)10-3-1-9(8-20)2-4-10/h1-7H,(H2,21,22)(H,23,25,26). The molecule has 27 heavy (non-hydrogen) atoms. The predicted octanol–water partition coefficient (Wildman–Crippen LogP) is 3.53. The predicted molar refractivity (Wildman–Crippen MR) is 98.0 cm³/mol. The van der Waals surface area contributed by atoms with Crippen LogP contribution in [0, 0.1) is 22.6 Å². The second-order valence-corrected chi connectivity index (χ2v) is 6.09. The average molecular weight is 429 g/mol. The maximum absolute atomic E-state index is 13.3. The summed E-state index contributed by atoms with van der Waals surface area (Å²) in [5, 5.41) is 29.3. The van der Waals surface area contributed by atoms with Crippen molar-refractivity contribution in [1.29, 1.82) is 10.7 Å². The van der Waals surface area contributed by atoms with Crippen molar-refractivity contribution >= 4 is 39.2 Å². The fraction of sp³-hybridized carbons (Fsp3) is 0. The molecule has 0 saturated carbocycles. The highest BCUT2D eigenvalue weighted by atomic mass is 79.9. The summed E-state index contributed by atoms with van der Waals surface area (Å²) in [6.45, 7) is 0. The lowest BCUT2D eigenvalue weighted by Crippen LogP contribution is -2.18. The smallest absolute Gasteiger partial charge is 0.256 e. The molecular formula is C17H10BrFN6O2. The summed E-state index contributed by atoms with van der Waals surface area (Å²) in [5.41, 5.74) is 1.12. The summed E-state index contributed by atoms with van der Waals surface area (Å²) in [6.07, 6.45) is 0. The summed E-state index contributed by atoms with van der Waals surface area (Å²) < 4.78 is 18.1. The number of halogens is 2. The number of nitrogens with zero attached hydrogens (tertiary/aromatic N) is 3. The zero-order valence-electron chi connectivity index (χ0n) is 13.5. The number of hydrogen-bond donors (Lipinski definition) is 3. The normalized spacial score (nSPS) is 10.1. The number of benzene rings is 2. The van der Waals surface area contributed by atoms with E-state index in [-0.39, 0.29) is 21.8 Å². The molecule has 0 atom stereocenters. The molecule has 3 N–H and O–H groups in total. The first-order chi connectivity index (χ1) is 13.0. The number of rotatable bonds is 4. The van der Waals surface area contributed by atoms with Gasteiger partial charge in [-0.25, -0.2) is 9.02 Å². The van der Waals surface area contributed by atoms with Gasteiger partial charge in [0.25, 0.3) is 5.91 Å². The summed E-state index contributed by atoms with van der Waals surface area (Å²) in [7, 11) is 0. The Morgan fingerprint density at radius 1 is 1.19 bits per heavy atom. The Bertz CT molecular complexity index is 1060. The van der Waals surface area contributed by atoms with Crippen LogP contribution in [-0.2, 0) is 0 Å². The molecule has 0 aliphatic heterocycles. The molecule has 3 aromatic rings. The van der Waals surface area contributed by atoms with E-state index in [0.29, 0.717) is 16.8 Å². The molecule has 3 rings (SSSR count). The fourth-order valence-electron chi connectivity index (χ4n) is 2.09. The number of carbonyl (C=O) groups is 1. The van der Waals surface area contributed by atoms with Gasteiger partial charge in [-0.2, -0.15) is 5.26 Å². The number of anilines is 2. The van der Waals surface area contributed by atoms with Crippen molar-refractivity contribution in [3.63, 3.8) is 0 Å². The molecule has 0 aliphatic rings. The number of nitrogens with one attached hydrogen (secondary N) is 3. The van der Waals surface area contributed by atoms with Crippen LogP contribution in [0.2, 0.25) is 0 Å². The SMILES string of the molecule is N#Cc1ccc(C(=O)Nc2nonc2C(=N)Nc2ccc(F)c(Br)c2)cc1. The molecule has 1 heterocycles. The van der Waals surface area contributed by atoms with Crippen LogP contribution in [0.5, 0.6) is 0 Å². The fourth-order valence-corrected chi connectivity index (χ4v) is 2.47. The lowest BCUT2D eigenvalue weighted by atomic mass is 10.1. The van der Waals surface area contributed by atoms with Gasteiger partial charge in [-0.1, -0.05) is 0 Å². The number of nitriles is 1. The molecule has 134 valence electrons. The van der Waals surface area contributed by atoms with Crippen LogP contribution in [-0.4, -0.2) is 22.1 Å². The van der Waals surface area contributed by atoms with Crippen LogP contribution in [0.4, 0.5) is 15.9 Å². The highest BCUT2D eigenvalue weighted by molar-refractivity contribution is 9.10. The molecule has 10 heteroatoms. The zero-order chi connectivity index (χ0) is 19.4. The van der Waals surface area contributed by atoms with E-state index in [1.807, 2.05) is 6.07 Å². The quantitative estimate of drug-likeness (QED) is 0.430. The Kier molecular flexibility index (Phi) is 5.23. The van der Waals surface area contributed by atoms with Crippen molar-refractivity contribution in [3.05, 3.63) is 69.6 Å². The lowest BCUT2D eigenvalue weighted by molar-refractivity contribution is 0.102. The van der Waals surface area contributed by atoms with Gasteiger partial charge in [0.05, 0.1) is 16.1 Å². The highest BCUT2D eigenvalue weighted by Crippen LogP contribution is 2.21. The average Bonchev–Trinajstić information content (AvgIpc) is 3.13. The van der Waals surface area contributed by atoms with Crippen molar-refractivity contribution in [2.45, 2.75) is 0 Å². The van der Waals surface area contributed by atoms with Gasteiger partial charge in [-0.05, 0) is 68.7 Å². The molecular weight excluding hydrogens is 419 g/mol. The van der Waals surface area contributed by atoms with Crippen LogP contribution in [0.25, 0.3) is 0 Å². The third-order valence-electron chi connectivity index (χ3n) is 3.42. The maximum Gasteiger partial charge on any atom is 0.256 e. The summed E-state index contributed by atoms with van der Waals surface area (Å²) >= 11 is 3.06. The Labute approximate surface area is 160 Å². The molecule has 0 spiro atoms. The first-order valence-electron chi connectivity index (χ1n) is 7.43. The van der Waals surface area contributed by atoms with Gasteiger partial charge in [-0.15, -0.1) is 0 Å². The minimum atomic E-state index is -0.506. The molecule has 0 saturated heterocycles. The molecule has 1 amide bonds. The summed E-state index contributed by atoms with van der Waals surface area (Å²) in [5.74, 6) is -1.20.